The number of hydrogen-bond donors (Lipinski definition) is 3. The van der Waals surface area contributed by atoms with E-state index < -0.39 is 24.3 Å². The number of anilines is 2. The highest BCUT2D eigenvalue weighted by molar-refractivity contribution is 5.74. The third-order valence-corrected chi connectivity index (χ3v) is 8.54. The summed E-state index contributed by atoms with van der Waals surface area (Å²) in [5.74, 6) is -1.49. The zero-order valence-electron chi connectivity index (χ0n) is 25.7. The average Bonchev–Trinajstić information content (AvgIpc) is 3.62. The first-order valence-corrected chi connectivity index (χ1v) is 15.3. The van der Waals surface area contributed by atoms with Gasteiger partial charge in [-0.1, -0.05) is 6.07 Å². The number of hydrogen-bond acceptors (Lipinski definition) is 10. The standard InChI is InChI=1S/C31H38F3N7O5/c1-3-45-26(42)6-4-5-20-7-8-23(41-12-9-19(2)39-41)21(15-20)27(31(32,33)34)46-25-16-24(37-29(35)38-25)40-13-10-30(11-14-40)17-22(28(43)44)36-18-30/h7-9,12,15-16,22,27,36H,3-6,10-11,13-14,17-18H2,1-2H3,(H,43,44)(H2,35,37,38). The molecule has 2 saturated heterocycles. The second-order valence-electron chi connectivity index (χ2n) is 11.9. The second-order valence-corrected chi connectivity index (χ2v) is 11.9. The van der Waals surface area contributed by atoms with Crippen LogP contribution in [0.4, 0.5) is 24.9 Å². The van der Waals surface area contributed by atoms with E-state index in [2.05, 4.69) is 20.4 Å². The van der Waals surface area contributed by atoms with Crippen LogP contribution in [-0.4, -0.2) is 75.3 Å². The number of aliphatic carboxylic acids is 1. The molecule has 248 valence electrons. The molecule has 0 aliphatic carbocycles. The number of ether oxygens (including phenoxy) is 2. The van der Waals surface area contributed by atoms with E-state index >= 15 is 0 Å². The number of carboxylic acid groups (broad SMARTS) is 1. The minimum absolute atomic E-state index is 0.139. The average molecular weight is 646 g/mol. The molecule has 2 fully saturated rings. The molecule has 2 unspecified atom stereocenters. The van der Waals surface area contributed by atoms with Gasteiger partial charge in [-0.25, -0.2) is 4.68 Å². The maximum atomic E-state index is 14.8. The monoisotopic (exact) mass is 645 g/mol. The minimum atomic E-state index is -4.85. The molecule has 15 heteroatoms. The Morgan fingerprint density at radius 2 is 1.96 bits per heavy atom. The first kappa shape index (κ1) is 33.0. The number of nitrogens with zero attached hydrogens (tertiary/aromatic N) is 5. The Hall–Kier alpha value is -4.40. The van der Waals surface area contributed by atoms with Crippen molar-refractivity contribution in [1.82, 2.24) is 25.1 Å². The third-order valence-electron chi connectivity index (χ3n) is 8.54. The largest absolute Gasteiger partial charge is 0.480 e. The molecule has 1 spiro atoms. The number of piperidine rings is 1. The van der Waals surface area contributed by atoms with Gasteiger partial charge >= 0.3 is 18.1 Å². The fraction of sp³-hybridized carbons (Fsp3) is 0.516. The van der Waals surface area contributed by atoms with Gasteiger partial charge in [0.1, 0.15) is 11.9 Å². The number of nitrogen functional groups attached to an aromatic ring is 1. The number of aromatic nitrogens is 4. The van der Waals surface area contributed by atoms with Crippen molar-refractivity contribution in [2.75, 3.05) is 36.9 Å². The molecule has 0 saturated carbocycles. The number of rotatable bonds is 11. The van der Waals surface area contributed by atoms with Crippen molar-refractivity contribution in [3.8, 4) is 11.6 Å². The molecule has 1 aromatic carbocycles. The van der Waals surface area contributed by atoms with Crippen LogP contribution >= 0.6 is 0 Å². The molecule has 2 aliphatic rings. The quantitative estimate of drug-likeness (QED) is 0.257. The van der Waals surface area contributed by atoms with E-state index in [0.717, 1.165) is 0 Å². The topological polar surface area (TPSA) is 158 Å². The van der Waals surface area contributed by atoms with Gasteiger partial charge < -0.3 is 30.5 Å². The number of alkyl halides is 3. The Bertz CT molecular complexity index is 1560. The summed E-state index contributed by atoms with van der Waals surface area (Å²) in [6, 6.07) is 7.12. The molecular formula is C31H38F3N7O5. The van der Waals surface area contributed by atoms with Crippen LogP contribution in [0.15, 0.2) is 36.5 Å². The van der Waals surface area contributed by atoms with Crippen molar-refractivity contribution in [2.24, 2.45) is 5.41 Å². The number of carbonyl (C=O) groups excluding carboxylic acids is 1. The van der Waals surface area contributed by atoms with Crippen molar-refractivity contribution in [3.63, 3.8) is 0 Å². The van der Waals surface area contributed by atoms with E-state index in [4.69, 9.17) is 15.2 Å². The zero-order chi connectivity index (χ0) is 33.1. The molecule has 5 rings (SSSR count). The SMILES string of the molecule is CCOC(=O)CCCc1ccc(-n2ccc(C)n2)c(C(Oc2cc(N3CCC4(CC3)CNC(C(=O)O)C4)nc(N)n2)C(F)(F)F)c1. The number of benzene rings is 1. The molecule has 0 amide bonds. The molecule has 0 radical (unpaired) electrons. The van der Waals surface area contributed by atoms with Gasteiger partial charge in [0.2, 0.25) is 17.9 Å². The maximum Gasteiger partial charge on any atom is 0.429 e. The van der Waals surface area contributed by atoms with E-state index in [0.29, 0.717) is 68.8 Å². The number of esters is 1. The fourth-order valence-electron chi connectivity index (χ4n) is 6.16. The van der Waals surface area contributed by atoms with Crippen molar-refractivity contribution in [2.45, 2.75) is 70.7 Å². The Labute approximate surface area is 264 Å². The molecule has 4 N–H and O–H groups in total. The Morgan fingerprint density at radius 1 is 1.20 bits per heavy atom. The molecule has 12 nitrogen and oxygen atoms in total. The van der Waals surface area contributed by atoms with Crippen LogP contribution in [0.5, 0.6) is 5.88 Å². The number of carbonyl (C=O) groups is 2. The van der Waals surface area contributed by atoms with Gasteiger partial charge in [-0.2, -0.15) is 28.2 Å². The van der Waals surface area contributed by atoms with E-state index in [1.165, 1.54) is 16.8 Å². The molecule has 4 heterocycles. The minimum Gasteiger partial charge on any atom is -0.480 e. The first-order valence-electron chi connectivity index (χ1n) is 15.3. The van der Waals surface area contributed by atoms with E-state index in [1.807, 2.05) is 4.90 Å². The Kier molecular flexibility index (Phi) is 9.70. The highest BCUT2D eigenvalue weighted by Gasteiger charge is 2.46. The maximum absolute atomic E-state index is 14.8. The molecule has 46 heavy (non-hydrogen) atoms. The van der Waals surface area contributed by atoms with Crippen LogP contribution in [-0.2, 0) is 20.7 Å². The molecule has 2 atom stereocenters. The second kappa shape index (κ2) is 13.5. The number of nitrogens with two attached hydrogens (primary N) is 1. The van der Waals surface area contributed by atoms with Gasteiger partial charge in [0.25, 0.3) is 0 Å². The summed E-state index contributed by atoms with van der Waals surface area (Å²) in [6.07, 6.45) is -2.94. The number of nitrogens with one attached hydrogen (secondary N) is 1. The van der Waals surface area contributed by atoms with Crippen molar-refractivity contribution in [3.05, 3.63) is 53.3 Å². The zero-order valence-corrected chi connectivity index (χ0v) is 25.7. The summed E-state index contributed by atoms with van der Waals surface area (Å²) in [5.41, 5.74) is 7.01. The van der Waals surface area contributed by atoms with Crippen LogP contribution in [0.1, 0.15) is 62.0 Å². The van der Waals surface area contributed by atoms with Crippen molar-refractivity contribution < 1.29 is 37.3 Å². The van der Waals surface area contributed by atoms with E-state index in [1.54, 1.807) is 38.2 Å². The number of halogens is 3. The Balaban J connectivity index is 1.40. The summed E-state index contributed by atoms with van der Waals surface area (Å²) in [7, 11) is 0. The van der Waals surface area contributed by atoms with Gasteiger partial charge in [-0.05, 0) is 75.1 Å². The van der Waals surface area contributed by atoms with Gasteiger partial charge in [-0.15, -0.1) is 0 Å². The lowest BCUT2D eigenvalue weighted by Gasteiger charge is -2.39. The van der Waals surface area contributed by atoms with E-state index in [9.17, 15) is 27.9 Å². The smallest absolute Gasteiger partial charge is 0.429 e. The van der Waals surface area contributed by atoms with Crippen molar-refractivity contribution >= 4 is 23.7 Å². The van der Waals surface area contributed by atoms with Crippen LogP contribution in [0.25, 0.3) is 5.69 Å². The molecular weight excluding hydrogens is 607 g/mol. The first-order chi connectivity index (χ1) is 21.9. The summed E-state index contributed by atoms with van der Waals surface area (Å²) < 4.78 is 56.5. The molecule has 0 bridgehead atoms. The Morgan fingerprint density at radius 3 is 2.59 bits per heavy atom. The lowest BCUT2D eigenvalue weighted by Crippen LogP contribution is -2.41. The van der Waals surface area contributed by atoms with E-state index in [-0.39, 0.29) is 47.5 Å². The molecule has 2 aliphatic heterocycles. The normalized spacial score (nSPS) is 18.5. The summed E-state index contributed by atoms with van der Waals surface area (Å²) in [4.78, 5) is 33.4. The van der Waals surface area contributed by atoms with Crippen LogP contribution in [0.2, 0.25) is 0 Å². The van der Waals surface area contributed by atoms with Gasteiger partial charge in [0, 0.05) is 43.9 Å². The number of aryl methyl sites for hydroxylation is 2. The third kappa shape index (κ3) is 7.69. The van der Waals surface area contributed by atoms with Crippen LogP contribution < -0.4 is 20.7 Å². The van der Waals surface area contributed by atoms with Gasteiger partial charge in [0.05, 0.1) is 18.0 Å². The van der Waals surface area contributed by atoms with Crippen molar-refractivity contribution in [1.29, 1.82) is 0 Å². The lowest BCUT2D eigenvalue weighted by molar-refractivity contribution is -0.198. The highest BCUT2D eigenvalue weighted by Crippen LogP contribution is 2.42. The molecule has 2 aromatic heterocycles. The molecule has 3 aromatic rings. The highest BCUT2D eigenvalue weighted by atomic mass is 19.4. The predicted octanol–water partition coefficient (Wildman–Crippen LogP) is 4.15. The van der Waals surface area contributed by atoms with Crippen LogP contribution in [0, 0.1) is 12.3 Å². The van der Waals surface area contributed by atoms with Gasteiger partial charge in [-0.3, -0.25) is 9.59 Å². The predicted molar refractivity (Wildman–Crippen MR) is 162 cm³/mol. The van der Waals surface area contributed by atoms with Crippen LogP contribution in [0.3, 0.4) is 0 Å². The summed E-state index contributed by atoms with van der Waals surface area (Å²) in [5, 5.41) is 16.8. The summed E-state index contributed by atoms with van der Waals surface area (Å²) in [6.45, 7) is 5.32. The van der Waals surface area contributed by atoms with Gasteiger partial charge in [0.15, 0.2) is 0 Å². The number of carboxylic acids is 1. The lowest BCUT2D eigenvalue weighted by atomic mass is 9.76. The summed E-state index contributed by atoms with van der Waals surface area (Å²) >= 11 is 0. The fourth-order valence-corrected chi connectivity index (χ4v) is 6.16.